The second kappa shape index (κ2) is 5.92. The number of nitrogens with one attached hydrogen (secondary N) is 2. The van der Waals surface area contributed by atoms with Crippen LogP contribution in [0.4, 0.5) is 10.1 Å². The zero-order valence-electron chi connectivity index (χ0n) is 10.2. The fraction of sp³-hybridized carbons (Fsp3) is 0.364. The Labute approximate surface area is 105 Å². The van der Waals surface area contributed by atoms with Gasteiger partial charge in [0, 0.05) is 19.2 Å². The minimum Gasteiger partial charge on any atom is -0.324 e. The van der Waals surface area contributed by atoms with Crippen LogP contribution in [0, 0.1) is 5.82 Å². The fourth-order valence-electron chi connectivity index (χ4n) is 1.28. The fourth-order valence-corrected chi connectivity index (χ4v) is 1.93. The molecule has 18 heavy (non-hydrogen) atoms. The molecule has 0 unspecified atom stereocenters. The van der Waals surface area contributed by atoms with E-state index in [1.807, 2.05) is 0 Å². The first-order valence-corrected chi connectivity index (χ1v) is 7.18. The highest BCUT2D eigenvalue weighted by atomic mass is 32.2. The van der Waals surface area contributed by atoms with Crippen molar-refractivity contribution in [2.45, 2.75) is 11.3 Å². The lowest BCUT2D eigenvalue weighted by atomic mass is 10.3. The Morgan fingerprint density at radius 2 is 2.06 bits per heavy atom. The number of halogens is 1. The molecule has 0 aliphatic carbocycles. The molecule has 0 aromatic heterocycles. The predicted molar refractivity (Wildman–Crippen MR) is 66.7 cm³/mol. The van der Waals surface area contributed by atoms with E-state index in [9.17, 15) is 17.6 Å². The lowest BCUT2D eigenvalue weighted by Gasteiger charge is -2.08. The summed E-state index contributed by atoms with van der Waals surface area (Å²) in [6.45, 7) is 0.458. The van der Waals surface area contributed by atoms with E-state index in [0.717, 1.165) is 24.5 Å². The van der Waals surface area contributed by atoms with Gasteiger partial charge < -0.3 is 10.6 Å². The summed E-state index contributed by atoms with van der Waals surface area (Å²) in [5.41, 5.74) is -0.126. The number of sulfone groups is 1. The molecule has 2 N–H and O–H groups in total. The summed E-state index contributed by atoms with van der Waals surface area (Å²) in [7, 11) is -1.73. The average Bonchev–Trinajstić information content (AvgIpc) is 2.28. The van der Waals surface area contributed by atoms with E-state index in [1.165, 1.54) is 0 Å². The van der Waals surface area contributed by atoms with Crippen molar-refractivity contribution in [3.8, 4) is 0 Å². The third-order valence-corrected chi connectivity index (χ3v) is 3.35. The molecular formula is C11H15FN2O3S. The SMILES string of the molecule is CNCCC(=O)Nc1cc(S(C)(=O)=O)ccc1F. The summed E-state index contributed by atoms with van der Waals surface area (Å²) in [5, 5.41) is 5.12. The first-order chi connectivity index (χ1) is 8.34. The summed E-state index contributed by atoms with van der Waals surface area (Å²) < 4.78 is 36.0. The standard InChI is InChI=1S/C11H15FN2O3S/c1-13-6-5-11(15)14-10-7-8(18(2,16)17)3-4-9(10)12/h3-4,7,13H,5-6H2,1-2H3,(H,14,15). The first-order valence-electron chi connectivity index (χ1n) is 5.28. The summed E-state index contributed by atoms with van der Waals surface area (Å²) in [6, 6.07) is 3.29. The zero-order chi connectivity index (χ0) is 13.8. The highest BCUT2D eigenvalue weighted by Gasteiger charge is 2.12. The summed E-state index contributed by atoms with van der Waals surface area (Å²) in [5.74, 6) is -1.05. The molecule has 0 atom stereocenters. The molecule has 0 saturated heterocycles. The van der Waals surface area contributed by atoms with Crippen molar-refractivity contribution in [3.63, 3.8) is 0 Å². The van der Waals surface area contributed by atoms with Crippen LogP contribution in [0.1, 0.15) is 6.42 Å². The van der Waals surface area contributed by atoms with E-state index >= 15 is 0 Å². The Bertz CT molecular complexity index is 543. The number of anilines is 1. The number of carbonyl (C=O) groups excluding carboxylic acids is 1. The zero-order valence-corrected chi connectivity index (χ0v) is 11.0. The van der Waals surface area contributed by atoms with Gasteiger partial charge in [0.25, 0.3) is 0 Å². The van der Waals surface area contributed by atoms with Gasteiger partial charge in [-0.25, -0.2) is 12.8 Å². The maximum absolute atomic E-state index is 13.4. The van der Waals surface area contributed by atoms with Gasteiger partial charge in [-0.2, -0.15) is 0 Å². The van der Waals surface area contributed by atoms with Crippen LogP contribution in [0.2, 0.25) is 0 Å². The number of carbonyl (C=O) groups is 1. The van der Waals surface area contributed by atoms with Crippen LogP contribution in [0.3, 0.4) is 0 Å². The van der Waals surface area contributed by atoms with Crippen molar-refractivity contribution in [2.24, 2.45) is 0 Å². The third-order valence-electron chi connectivity index (χ3n) is 2.24. The first kappa shape index (κ1) is 14.6. The van der Waals surface area contributed by atoms with Gasteiger partial charge in [-0.05, 0) is 25.2 Å². The molecule has 0 saturated carbocycles. The molecule has 1 rings (SSSR count). The third kappa shape index (κ3) is 4.08. The van der Waals surface area contributed by atoms with Crippen LogP contribution in [0.15, 0.2) is 23.1 Å². The second-order valence-electron chi connectivity index (χ2n) is 3.82. The number of benzene rings is 1. The van der Waals surface area contributed by atoms with Crippen molar-refractivity contribution in [1.82, 2.24) is 5.32 Å². The van der Waals surface area contributed by atoms with Crippen molar-refractivity contribution >= 4 is 21.4 Å². The highest BCUT2D eigenvalue weighted by molar-refractivity contribution is 7.90. The lowest BCUT2D eigenvalue weighted by molar-refractivity contribution is -0.116. The Balaban J connectivity index is 2.92. The van der Waals surface area contributed by atoms with Gasteiger partial charge in [0.2, 0.25) is 5.91 Å². The van der Waals surface area contributed by atoms with Crippen molar-refractivity contribution in [2.75, 3.05) is 25.2 Å². The summed E-state index contributed by atoms with van der Waals surface area (Å²) >= 11 is 0. The van der Waals surface area contributed by atoms with Gasteiger partial charge in [0.15, 0.2) is 9.84 Å². The van der Waals surface area contributed by atoms with E-state index in [0.29, 0.717) is 6.54 Å². The maximum atomic E-state index is 13.4. The van der Waals surface area contributed by atoms with Gasteiger partial charge in [-0.1, -0.05) is 0 Å². The van der Waals surface area contributed by atoms with Crippen LogP contribution in [-0.2, 0) is 14.6 Å². The largest absolute Gasteiger partial charge is 0.324 e. The molecule has 1 aromatic rings. The molecule has 1 amide bonds. The van der Waals surface area contributed by atoms with Gasteiger partial charge in [-0.3, -0.25) is 4.79 Å². The van der Waals surface area contributed by atoms with Crippen molar-refractivity contribution < 1.29 is 17.6 Å². The summed E-state index contributed by atoms with van der Waals surface area (Å²) in [4.78, 5) is 11.4. The molecule has 0 radical (unpaired) electrons. The molecule has 0 bridgehead atoms. The molecule has 1 aromatic carbocycles. The Hall–Kier alpha value is -1.47. The Kier molecular flexibility index (Phi) is 4.80. The minimum atomic E-state index is -3.43. The topological polar surface area (TPSA) is 75.3 Å². The molecule has 0 aliphatic heterocycles. The molecule has 100 valence electrons. The number of hydrogen-bond donors (Lipinski definition) is 2. The quantitative estimate of drug-likeness (QED) is 0.778. The molecule has 0 aliphatic rings. The lowest BCUT2D eigenvalue weighted by Crippen LogP contribution is -2.19. The molecule has 0 heterocycles. The van der Waals surface area contributed by atoms with Gasteiger partial charge in [0.05, 0.1) is 10.6 Å². The minimum absolute atomic E-state index is 0.0344. The summed E-state index contributed by atoms with van der Waals surface area (Å²) in [6.07, 6.45) is 1.20. The number of rotatable bonds is 5. The van der Waals surface area contributed by atoms with Crippen LogP contribution in [0.5, 0.6) is 0 Å². The van der Waals surface area contributed by atoms with Crippen molar-refractivity contribution in [1.29, 1.82) is 0 Å². The molecular weight excluding hydrogens is 259 g/mol. The van der Waals surface area contributed by atoms with Crippen LogP contribution in [-0.4, -0.2) is 34.2 Å². The normalized spacial score (nSPS) is 11.3. The Morgan fingerprint density at radius 1 is 1.39 bits per heavy atom. The number of amides is 1. The molecule has 7 heteroatoms. The Morgan fingerprint density at radius 3 is 2.61 bits per heavy atom. The predicted octanol–water partition coefficient (Wildman–Crippen LogP) is 0.777. The monoisotopic (exact) mass is 274 g/mol. The molecule has 0 spiro atoms. The van der Waals surface area contributed by atoms with Gasteiger partial charge in [0.1, 0.15) is 5.82 Å². The van der Waals surface area contributed by atoms with Gasteiger partial charge >= 0.3 is 0 Å². The maximum Gasteiger partial charge on any atom is 0.225 e. The van der Waals surface area contributed by atoms with E-state index in [2.05, 4.69) is 10.6 Å². The number of hydrogen-bond acceptors (Lipinski definition) is 4. The van der Waals surface area contributed by atoms with Crippen molar-refractivity contribution in [3.05, 3.63) is 24.0 Å². The molecule has 5 nitrogen and oxygen atoms in total. The van der Waals surface area contributed by atoms with Gasteiger partial charge in [-0.15, -0.1) is 0 Å². The average molecular weight is 274 g/mol. The van der Waals surface area contributed by atoms with E-state index < -0.39 is 15.7 Å². The van der Waals surface area contributed by atoms with Crippen LogP contribution in [0.25, 0.3) is 0 Å². The molecule has 0 fully saturated rings. The smallest absolute Gasteiger partial charge is 0.225 e. The van der Waals surface area contributed by atoms with E-state index in [-0.39, 0.29) is 22.9 Å². The van der Waals surface area contributed by atoms with E-state index in [4.69, 9.17) is 0 Å². The van der Waals surface area contributed by atoms with E-state index in [1.54, 1.807) is 7.05 Å². The van der Waals surface area contributed by atoms with Crippen LogP contribution < -0.4 is 10.6 Å². The highest BCUT2D eigenvalue weighted by Crippen LogP contribution is 2.19. The van der Waals surface area contributed by atoms with Crippen LogP contribution >= 0.6 is 0 Å². The second-order valence-corrected chi connectivity index (χ2v) is 5.83.